The molecule has 33 heavy (non-hydrogen) atoms. The number of piperidine rings is 1. The van der Waals surface area contributed by atoms with Crippen LogP contribution in [0.5, 0.6) is 0 Å². The molecule has 2 aliphatic rings. The van der Waals surface area contributed by atoms with Gasteiger partial charge in [0, 0.05) is 63.1 Å². The number of thioether (sulfide) groups is 1. The average Bonchev–Trinajstić information content (AvgIpc) is 3.32. The molecule has 11 nitrogen and oxygen atoms in total. The molecule has 2 aliphatic heterocycles. The van der Waals surface area contributed by atoms with E-state index in [0.717, 1.165) is 75.5 Å². The number of likely N-dealkylation sites (tertiary alicyclic amines) is 1. The molecule has 2 aromatic rings. The van der Waals surface area contributed by atoms with Crippen LogP contribution in [-0.4, -0.2) is 97.0 Å². The van der Waals surface area contributed by atoms with Gasteiger partial charge in [-0.15, -0.1) is 0 Å². The Morgan fingerprint density at radius 3 is 2.33 bits per heavy atom. The second-order valence-corrected chi connectivity index (χ2v) is 8.80. The van der Waals surface area contributed by atoms with Gasteiger partial charge in [0.05, 0.1) is 18.8 Å². The highest BCUT2D eigenvalue weighted by Crippen LogP contribution is 2.31. The average molecular weight is 481 g/mol. The minimum Gasteiger partial charge on any atom is -0.483 e. The van der Waals surface area contributed by atoms with Crippen LogP contribution in [0.15, 0.2) is 29.9 Å². The fourth-order valence-corrected chi connectivity index (χ4v) is 4.47. The smallest absolute Gasteiger partial charge is 0.290 e. The van der Waals surface area contributed by atoms with Crippen LogP contribution in [0.25, 0.3) is 0 Å². The van der Waals surface area contributed by atoms with Crippen molar-refractivity contribution < 1.29 is 24.5 Å². The molecule has 0 saturated carbocycles. The zero-order chi connectivity index (χ0) is 23.9. The maximum Gasteiger partial charge on any atom is 0.290 e. The first kappa shape index (κ1) is 26.7. The van der Waals surface area contributed by atoms with E-state index in [0.29, 0.717) is 0 Å². The van der Waals surface area contributed by atoms with Gasteiger partial charge in [0.1, 0.15) is 5.82 Å². The van der Waals surface area contributed by atoms with Gasteiger partial charge in [0.2, 0.25) is 0 Å². The molecular formula is C21H32N6O5S. The van der Waals surface area contributed by atoms with Gasteiger partial charge in [-0.05, 0) is 18.6 Å². The van der Waals surface area contributed by atoms with Gasteiger partial charge in [0.25, 0.3) is 12.9 Å². The van der Waals surface area contributed by atoms with Crippen LogP contribution in [0.4, 0.5) is 0 Å². The van der Waals surface area contributed by atoms with Gasteiger partial charge < -0.3 is 19.9 Å². The van der Waals surface area contributed by atoms with Gasteiger partial charge in [-0.3, -0.25) is 19.4 Å². The number of imidazole rings is 1. The number of carbonyl (C=O) groups is 2. The summed E-state index contributed by atoms with van der Waals surface area (Å²) in [7, 11) is 0. The third-order valence-corrected chi connectivity index (χ3v) is 6.14. The van der Waals surface area contributed by atoms with Crippen LogP contribution in [0.2, 0.25) is 0 Å². The summed E-state index contributed by atoms with van der Waals surface area (Å²) in [5.74, 6) is 2.05. The maximum atomic E-state index is 8.36. The Morgan fingerprint density at radius 1 is 1.09 bits per heavy atom. The quantitative estimate of drug-likeness (QED) is 0.315. The summed E-state index contributed by atoms with van der Waals surface area (Å²) in [4.78, 5) is 38.1. The third kappa shape index (κ3) is 9.08. The predicted molar refractivity (Wildman–Crippen MR) is 123 cm³/mol. The Morgan fingerprint density at radius 2 is 1.76 bits per heavy atom. The molecule has 3 N–H and O–H groups in total. The topological polar surface area (TPSA) is 145 Å². The van der Waals surface area contributed by atoms with Gasteiger partial charge in [-0.2, -0.15) is 0 Å². The number of rotatable bonds is 6. The molecule has 182 valence electrons. The zero-order valence-electron chi connectivity index (χ0n) is 18.8. The number of hydrogen-bond donors (Lipinski definition) is 3. The molecule has 1 spiro atoms. The number of ether oxygens (including phenoxy) is 1. The normalized spacial score (nSPS) is 17.8. The number of nitrogens with zero attached hydrogens (tertiary/aromatic N) is 5. The van der Waals surface area contributed by atoms with Crippen LogP contribution < -0.4 is 0 Å². The largest absolute Gasteiger partial charge is 0.483 e. The van der Waals surface area contributed by atoms with E-state index in [1.807, 2.05) is 24.8 Å². The molecule has 0 aromatic carbocycles. The molecular weight excluding hydrogens is 448 g/mol. The molecule has 0 aliphatic carbocycles. The van der Waals surface area contributed by atoms with Gasteiger partial charge >= 0.3 is 0 Å². The number of nitrogens with one attached hydrogen (secondary N) is 1. The first-order valence-corrected chi connectivity index (χ1v) is 11.7. The van der Waals surface area contributed by atoms with Crippen LogP contribution in [-0.2, 0) is 27.4 Å². The lowest BCUT2D eigenvalue weighted by molar-refractivity contribution is -0.138. The molecule has 2 fully saturated rings. The molecule has 2 aromatic heterocycles. The van der Waals surface area contributed by atoms with Gasteiger partial charge in [-0.1, -0.05) is 18.7 Å². The summed E-state index contributed by atoms with van der Waals surface area (Å²) in [6, 6.07) is 0. The Bertz CT molecular complexity index is 794. The highest BCUT2D eigenvalue weighted by molar-refractivity contribution is 7.99. The van der Waals surface area contributed by atoms with E-state index >= 15 is 0 Å². The number of carboxylic acid groups (broad SMARTS) is 2. The number of morpholine rings is 1. The van der Waals surface area contributed by atoms with Crippen LogP contribution in [0.1, 0.15) is 31.2 Å². The summed E-state index contributed by atoms with van der Waals surface area (Å²) >= 11 is 1.68. The van der Waals surface area contributed by atoms with E-state index in [4.69, 9.17) is 24.5 Å². The molecule has 0 bridgehead atoms. The summed E-state index contributed by atoms with van der Waals surface area (Å²) in [5, 5.41) is 14.6. The summed E-state index contributed by atoms with van der Waals surface area (Å²) in [6.45, 7) is 8.31. The van der Waals surface area contributed by atoms with Crippen LogP contribution in [0, 0.1) is 0 Å². The number of aromatic amines is 1. The van der Waals surface area contributed by atoms with Crippen molar-refractivity contribution in [3.05, 3.63) is 36.2 Å². The first-order chi connectivity index (χ1) is 16.1. The lowest BCUT2D eigenvalue weighted by Gasteiger charge is -2.47. The van der Waals surface area contributed by atoms with E-state index in [1.165, 1.54) is 5.56 Å². The fourth-order valence-electron chi connectivity index (χ4n) is 3.96. The number of hydrogen-bond acceptors (Lipinski definition) is 9. The second-order valence-electron chi connectivity index (χ2n) is 7.57. The van der Waals surface area contributed by atoms with Crippen molar-refractivity contribution >= 4 is 24.7 Å². The van der Waals surface area contributed by atoms with Crippen LogP contribution in [0.3, 0.4) is 0 Å². The lowest BCUT2D eigenvalue weighted by atomic mass is 9.89. The zero-order valence-corrected chi connectivity index (χ0v) is 19.6. The van der Waals surface area contributed by atoms with Gasteiger partial charge in [0.15, 0.2) is 5.16 Å². The van der Waals surface area contributed by atoms with Gasteiger partial charge in [-0.25, -0.2) is 15.0 Å². The van der Waals surface area contributed by atoms with E-state index in [9.17, 15) is 0 Å². The van der Waals surface area contributed by atoms with Crippen molar-refractivity contribution in [2.24, 2.45) is 0 Å². The fraction of sp³-hybridized carbons (Fsp3) is 0.571. The summed E-state index contributed by atoms with van der Waals surface area (Å²) < 4.78 is 6.28. The molecule has 0 atom stereocenters. The van der Waals surface area contributed by atoms with Crippen molar-refractivity contribution in [2.45, 2.75) is 43.6 Å². The van der Waals surface area contributed by atoms with E-state index in [-0.39, 0.29) is 18.5 Å². The number of H-pyrrole nitrogens is 1. The van der Waals surface area contributed by atoms with Crippen molar-refractivity contribution in [1.82, 2.24) is 29.7 Å². The monoisotopic (exact) mass is 480 g/mol. The minimum atomic E-state index is -0.250. The molecule has 12 heteroatoms. The van der Waals surface area contributed by atoms with E-state index in [1.54, 1.807) is 11.8 Å². The highest BCUT2D eigenvalue weighted by atomic mass is 32.2. The molecule has 0 amide bonds. The molecule has 2 saturated heterocycles. The lowest BCUT2D eigenvalue weighted by Crippen LogP contribution is -2.56. The standard InChI is InChI=1S/C19H28N6OS.2CH2O2/c1-2-27-18-22-11-16(12-23-18)13-25-9-10-26-19(15-25)3-7-24(8-4-19)14-17-20-5-6-21-17;2*2-1-3/h5-6,11-12H,2-4,7-10,13-15H2,1H3,(H,20,21);2*1H,(H,2,3). The Balaban J connectivity index is 0.000000582. The Kier molecular flexibility index (Phi) is 11.8. The minimum absolute atomic E-state index is 0.00320. The Hall–Kier alpha value is -2.54. The Labute approximate surface area is 197 Å². The van der Waals surface area contributed by atoms with Crippen molar-refractivity contribution in [1.29, 1.82) is 0 Å². The summed E-state index contributed by atoms with van der Waals surface area (Å²) in [6.07, 6.45) is 9.80. The molecule has 0 unspecified atom stereocenters. The van der Waals surface area contributed by atoms with Crippen LogP contribution >= 0.6 is 11.8 Å². The molecule has 4 heterocycles. The van der Waals surface area contributed by atoms with E-state index < -0.39 is 0 Å². The predicted octanol–water partition coefficient (Wildman–Crippen LogP) is 1.58. The van der Waals surface area contributed by atoms with E-state index in [2.05, 4.69) is 36.7 Å². The maximum absolute atomic E-state index is 8.36. The SMILES string of the molecule is CCSc1ncc(CN2CCOC3(CCN(Cc4ncc[nH]4)CC3)C2)cn1.O=CO.O=CO. The third-order valence-electron chi connectivity index (χ3n) is 5.38. The molecule has 0 radical (unpaired) electrons. The number of aromatic nitrogens is 4. The summed E-state index contributed by atoms with van der Waals surface area (Å²) in [5.41, 5.74) is 1.18. The first-order valence-electron chi connectivity index (χ1n) is 10.7. The van der Waals surface area contributed by atoms with Crippen molar-refractivity contribution in [2.75, 3.05) is 38.5 Å². The molecule has 4 rings (SSSR count). The second kappa shape index (κ2) is 14.6. The highest BCUT2D eigenvalue weighted by Gasteiger charge is 2.39. The van der Waals surface area contributed by atoms with Crippen molar-refractivity contribution in [3.63, 3.8) is 0 Å². The van der Waals surface area contributed by atoms with Crippen molar-refractivity contribution in [3.8, 4) is 0 Å².